The van der Waals surface area contributed by atoms with Gasteiger partial charge in [-0.2, -0.15) is 0 Å². The molecule has 2 rings (SSSR count). The molecule has 0 aliphatic heterocycles. The van der Waals surface area contributed by atoms with Crippen LogP contribution in [-0.4, -0.2) is 23.7 Å². The van der Waals surface area contributed by atoms with Gasteiger partial charge < -0.3 is 9.47 Å². The van der Waals surface area contributed by atoms with Crippen molar-refractivity contribution in [1.29, 1.82) is 0 Å². The minimum Gasteiger partial charge on any atom is -0.496 e. The second-order valence-electron chi connectivity index (χ2n) is 6.42. The van der Waals surface area contributed by atoms with Crippen LogP contribution in [0.4, 0.5) is 0 Å². The van der Waals surface area contributed by atoms with Crippen molar-refractivity contribution in [2.24, 2.45) is 0 Å². The number of ether oxygens (including phenoxy) is 2. The van der Waals surface area contributed by atoms with Gasteiger partial charge in [0.05, 0.1) is 25.1 Å². The van der Waals surface area contributed by atoms with Gasteiger partial charge in [-0.1, -0.05) is 46.6 Å². The molecule has 0 aliphatic carbocycles. The monoisotopic (exact) mass is 356 g/mol. The molecule has 0 saturated carbocycles. The second-order valence-corrected chi connectivity index (χ2v) is 6.42. The number of aryl methyl sites for hydroxylation is 3. The molecule has 2 aromatic rings. The summed E-state index contributed by atoms with van der Waals surface area (Å²) >= 11 is 0. The maximum atomic E-state index is 5.95. The zero-order chi connectivity index (χ0) is 18.9. The standard InChI is InChI=1S/C22H32N2O2/c1-6-10-11-14-26-22-19(9-4)23-21(18(8-3)24-22)17-13-12-16(7-2)15-20(17)25-5/h12-13,15H,6-11,14H2,1-5H3. The minimum absolute atomic E-state index is 0.688. The van der Waals surface area contributed by atoms with Crippen LogP contribution < -0.4 is 9.47 Å². The topological polar surface area (TPSA) is 44.2 Å². The van der Waals surface area contributed by atoms with Crippen LogP contribution in [0.2, 0.25) is 0 Å². The molecule has 26 heavy (non-hydrogen) atoms. The normalized spacial score (nSPS) is 10.8. The maximum absolute atomic E-state index is 5.95. The first-order valence-corrected chi connectivity index (χ1v) is 9.88. The Bertz CT molecular complexity index is 714. The molecule has 4 heteroatoms. The number of unbranched alkanes of at least 4 members (excludes halogenated alkanes) is 2. The van der Waals surface area contributed by atoms with E-state index in [1.54, 1.807) is 7.11 Å². The highest BCUT2D eigenvalue weighted by molar-refractivity contribution is 5.70. The van der Waals surface area contributed by atoms with Crippen molar-refractivity contribution in [3.63, 3.8) is 0 Å². The number of nitrogens with zero attached hydrogens (tertiary/aromatic N) is 2. The zero-order valence-electron chi connectivity index (χ0n) is 16.9. The van der Waals surface area contributed by atoms with Crippen LogP contribution in [0.15, 0.2) is 18.2 Å². The van der Waals surface area contributed by atoms with Crippen molar-refractivity contribution in [3.05, 3.63) is 35.2 Å². The van der Waals surface area contributed by atoms with Gasteiger partial charge in [0.15, 0.2) is 0 Å². The molecule has 0 aliphatic rings. The van der Waals surface area contributed by atoms with E-state index in [0.717, 1.165) is 54.1 Å². The quantitative estimate of drug-likeness (QED) is 0.534. The third-order valence-electron chi connectivity index (χ3n) is 4.59. The Morgan fingerprint density at radius 1 is 0.885 bits per heavy atom. The molecule has 1 heterocycles. The van der Waals surface area contributed by atoms with Crippen LogP contribution in [0.25, 0.3) is 11.3 Å². The number of hydrogen-bond donors (Lipinski definition) is 0. The molecular weight excluding hydrogens is 324 g/mol. The van der Waals surface area contributed by atoms with E-state index in [0.29, 0.717) is 12.5 Å². The molecule has 0 bridgehead atoms. The molecule has 142 valence electrons. The summed E-state index contributed by atoms with van der Waals surface area (Å²) in [6.07, 6.45) is 5.99. The summed E-state index contributed by atoms with van der Waals surface area (Å²) in [6.45, 7) is 9.24. The van der Waals surface area contributed by atoms with Gasteiger partial charge in [0.25, 0.3) is 0 Å². The second kappa shape index (κ2) is 10.1. The van der Waals surface area contributed by atoms with Crippen molar-refractivity contribution >= 4 is 0 Å². The van der Waals surface area contributed by atoms with Crippen LogP contribution in [0.1, 0.15) is 63.9 Å². The summed E-state index contributed by atoms with van der Waals surface area (Å²) in [4.78, 5) is 9.74. The predicted octanol–water partition coefficient (Wildman–Crippen LogP) is 5.41. The number of methoxy groups -OCH3 is 1. The lowest BCUT2D eigenvalue weighted by molar-refractivity contribution is 0.289. The number of benzene rings is 1. The van der Waals surface area contributed by atoms with Crippen LogP contribution in [0.3, 0.4) is 0 Å². The van der Waals surface area contributed by atoms with E-state index in [4.69, 9.17) is 19.4 Å². The average molecular weight is 357 g/mol. The van der Waals surface area contributed by atoms with Crippen molar-refractivity contribution < 1.29 is 9.47 Å². The van der Waals surface area contributed by atoms with E-state index < -0.39 is 0 Å². The first kappa shape index (κ1) is 20.2. The Balaban J connectivity index is 2.43. The lowest BCUT2D eigenvalue weighted by Crippen LogP contribution is -2.08. The van der Waals surface area contributed by atoms with Crippen molar-refractivity contribution in [2.45, 2.75) is 66.2 Å². The highest BCUT2D eigenvalue weighted by Crippen LogP contribution is 2.33. The Hall–Kier alpha value is -2.10. The third-order valence-corrected chi connectivity index (χ3v) is 4.59. The van der Waals surface area contributed by atoms with Gasteiger partial charge in [0.1, 0.15) is 11.4 Å². The molecule has 1 aromatic carbocycles. The van der Waals surface area contributed by atoms with Gasteiger partial charge in [0.2, 0.25) is 5.88 Å². The molecule has 1 aromatic heterocycles. The fourth-order valence-electron chi connectivity index (χ4n) is 2.97. The molecule has 0 radical (unpaired) electrons. The van der Waals surface area contributed by atoms with Gasteiger partial charge in [-0.25, -0.2) is 9.97 Å². The van der Waals surface area contributed by atoms with E-state index in [9.17, 15) is 0 Å². The summed E-state index contributed by atoms with van der Waals surface area (Å²) < 4.78 is 11.6. The van der Waals surface area contributed by atoms with Gasteiger partial charge in [0, 0.05) is 5.56 Å². The fraction of sp³-hybridized carbons (Fsp3) is 0.545. The molecule has 0 amide bonds. The highest BCUT2D eigenvalue weighted by atomic mass is 16.5. The Kier molecular flexibility index (Phi) is 7.89. The minimum atomic E-state index is 0.688. The van der Waals surface area contributed by atoms with Crippen LogP contribution >= 0.6 is 0 Å². The predicted molar refractivity (Wildman–Crippen MR) is 107 cm³/mol. The van der Waals surface area contributed by atoms with E-state index in [1.165, 1.54) is 18.4 Å². The SMILES string of the molecule is CCCCCOc1nc(CC)c(-c2ccc(CC)cc2OC)nc1CC. The van der Waals surface area contributed by atoms with E-state index in [1.807, 2.05) is 0 Å². The van der Waals surface area contributed by atoms with Crippen molar-refractivity contribution in [1.82, 2.24) is 9.97 Å². The Morgan fingerprint density at radius 2 is 1.65 bits per heavy atom. The van der Waals surface area contributed by atoms with Crippen LogP contribution in [0, 0.1) is 0 Å². The molecule has 0 saturated heterocycles. The number of hydrogen-bond acceptors (Lipinski definition) is 4. The van der Waals surface area contributed by atoms with Crippen LogP contribution in [0.5, 0.6) is 11.6 Å². The lowest BCUT2D eigenvalue weighted by Gasteiger charge is -2.16. The Labute approximate surface area is 158 Å². The van der Waals surface area contributed by atoms with Gasteiger partial charge in [-0.05, 0) is 43.4 Å². The van der Waals surface area contributed by atoms with Gasteiger partial charge >= 0.3 is 0 Å². The molecular formula is C22H32N2O2. The molecule has 0 N–H and O–H groups in total. The lowest BCUT2D eigenvalue weighted by atomic mass is 10.0. The molecule has 4 nitrogen and oxygen atoms in total. The summed E-state index contributed by atoms with van der Waals surface area (Å²) in [6, 6.07) is 6.33. The first-order chi connectivity index (χ1) is 12.7. The number of aromatic nitrogens is 2. The maximum Gasteiger partial charge on any atom is 0.235 e. The highest BCUT2D eigenvalue weighted by Gasteiger charge is 2.17. The molecule has 0 atom stereocenters. The van der Waals surface area contributed by atoms with E-state index in [-0.39, 0.29) is 0 Å². The summed E-state index contributed by atoms with van der Waals surface area (Å²) in [7, 11) is 1.71. The zero-order valence-corrected chi connectivity index (χ0v) is 16.9. The smallest absolute Gasteiger partial charge is 0.235 e. The third kappa shape index (κ3) is 4.75. The molecule has 0 unspecified atom stereocenters. The first-order valence-electron chi connectivity index (χ1n) is 9.88. The van der Waals surface area contributed by atoms with Crippen molar-refractivity contribution in [2.75, 3.05) is 13.7 Å². The largest absolute Gasteiger partial charge is 0.496 e. The molecule has 0 fully saturated rings. The van der Waals surface area contributed by atoms with Crippen molar-refractivity contribution in [3.8, 4) is 22.9 Å². The molecule has 0 spiro atoms. The van der Waals surface area contributed by atoms with Gasteiger partial charge in [-0.15, -0.1) is 0 Å². The summed E-state index contributed by atoms with van der Waals surface area (Å²) in [5.74, 6) is 1.54. The fourth-order valence-corrected chi connectivity index (χ4v) is 2.97. The van der Waals surface area contributed by atoms with Crippen LogP contribution in [-0.2, 0) is 19.3 Å². The summed E-state index contributed by atoms with van der Waals surface area (Å²) in [5, 5.41) is 0. The summed E-state index contributed by atoms with van der Waals surface area (Å²) in [5.41, 5.74) is 5.03. The van der Waals surface area contributed by atoms with E-state index in [2.05, 4.69) is 45.9 Å². The van der Waals surface area contributed by atoms with E-state index >= 15 is 0 Å². The number of rotatable bonds is 10. The Morgan fingerprint density at radius 3 is 2.27 bits per heavy atom. The van der Waals surface area contributed by atoms with Gasteiger partial charge in [-0.3, -0.25) is 0 Å². The average Bonchev–Trinajstić information content (AvgIpc) is 2.70.